The number of aromatic hydroxyl groups is 3. The second kappa shape index (κ2) is 5.09. The predicted molar refractivity (Wildman–Crippen MR) is 76.1 cm³/mol. The van der Waals surface area contributed by atoms with Gasteiger partial charge in [0.2, 0.25) is 0 Å². The molecule has 3 rings (SSSR count). The minimum absolute atomic E-state index is 0.0978. The maximum atomic E-state index is 9.77. The maximum absolute atomic E-state index is 9.77. The number of aryl methyl sites for hydroxylation is 1. The lowest BCUT2D eigenvalue weighted by atomic mass is 9.97. The third-order valence-electron chi connectivity index (χ3n) is 3.68. The molecule has 2 aromatic rings. The molecule has 5 nitrogen and oxygen atoms in total. The molecule has 0 spiro atoms. The fraction of sp³-hybridized carbons (Fsp3) is 0.250. The van der Waals surface area contributed by atoms with E-state index in [-0.39, 0.29) is 23.4 Å². The topological polar surface area (TPSA) is 79.2 Å². The van der Waals surface area contributed by atoms with Crippen molar-refractivity contribution < 1.29 is 24.8 Å². The number of methoxy groups -OCH3 is 1. The highest BCUT2D eigenvalue weighted by Gasteiger charge is 2.24. The molecular weight excluding hydrogens is 272 g/mol. The van der Waals surface area contributed by atoms with Gasteiger partial charge in [-0.15, -0.1) is 0 Å². The van der Waals surface area contributed by atoms with Crippen LogP contribution in [0.2, 0.25) is 0 Å². The van der Waals surface area contributed by atoms with Crippen molar-refractivity contribution in [3.05, 3.63) is 41.5 Å². The fourth-order valence-corrected chi connectivity index (χ4v) is 2.54. The van der Waals surface area contributed by atoms with E-state index in [1.807, 2.05) is 0 Å². The van der Waals surface area contributed by atoms with Gasteiger partial charge in [-0.05, 0) is 42.2 Å². The summed E-state index contributed by atoms with van der Waals surface area (Å²) in [6.45, 7) is 0. The number of phenols is 3. The van der Waals surface area contributed by atoms with Gasteiger partial charge in [0.05, 0.1) is 7.11 Å². The standard InChI is InChI=1S/C16H16O5/c1-20-16-8-15-10(7-13(16)19)3-5-14(21-15)9-2-4-11(17)12(18)6-9/h2,4,6-8,14,17-19H,3,5H2,1H3/t14-/m0/s1. The third-order valence-corrected chi connectivity index (χ3v) is 3.68. The highest BCUT2D eigenvalue weighted by atomic mass is 16.5. The van der Waals surface area contributed by atoms with E-state index in [1.165, 1.54) is 19.2 Å². The summed E-state index contributed by atoms with van der Waals surface area (Å²) in [7, 11) is 1.49. The summed E-state index contributed by atoms with van der Waals surface area (Å²) in [5.41, 5.74) is 1.72. The van der Waals surface area contributed by atoms with Crippen LogP contribution in [0.5, 0.6) is 28.7 Å². The Kier molecular flexibility index (Phi) is 3.25. The molecule has 0 saturated carbocycles. The van der Waals surface area contributed by atoms with Gasteiger partial charge in [0.1, 0.15) is 11.9 Å². The maximum Gasteiger partial charge on any atom is 0.164 e. The summed E-state index contributed by atoms with van der Waals surface area (Å²) in [6, 6.07) is 7.99. The number of hydrogen-bond acceptors (Lipinski definition) is 5. The van der Waals surface area contributed by atoms with Crippen LogP contribution in [0, 0.1) is 0 Å². The van der Waals surface area contributed by atoms with Crippen LogP contribution in [0.3, 0.4) is 0 Å². The van der Waals surface area contributed by atoms with Crippen LogP contribution in [0.15, 0.2) is 30.3 Å². The average Bonchev–Trinajstić information content (AvgIpc) is 2.49. The lowest BCUT2D eigenvalue weighted by Gasteiger charge is -2.27. The molecule has 0 radical (unpaired) electrons. The lowest BCUT2D eigenvalue weighted by Crippen LogP contribution is -2.15. The number of rotatable bonds is 2. The molecule has 0 saturated heterocycles. The van der Waals surface area contributed by atoms with E-state index in [0.717, 1.165) is 24.0 Å². The number of fused-ring (bicyclic) bond motifs is 1. The molecule has 110 valence electrons. The molecule has 1 aliphatic heterocycles. The van der Waals surface area contributed by atoms with Crippen molar-refractivity contribution in [2.45, 2.75) is 18.9 Å². The molecule has 0 aliphatic carbocycles. The molecule has 0 unspecified atom stereocenters. The number of phenolic OH excluding ortho intramolecular Hbond substituents is 3. The number of benzene rings is 2. The van der Waals surface area contributed by atoms with E-state index < -0.39 is 0 Å². The normalized spacial score (nSPS) is 16.9. The summed E-state index contributed by atoms with van der Waals surface area (Å²) < 4.78 is 11.0. The highest BCUT2D eigenvalue weighted by Crippen LogP contribution is 2.41. The molecule has 1 atom stereocenters. The van der Waals surface area contributed by atoms with Crippen LogP contribution < -0.4 is 9.47 Å². The SMILES string of the molecule is COc1cc2c(cc1O)CC[C@@H](c1ccc(O)c(O)c1)O2. The van der Waals surface area contributed by atoms with E-state index >= 15 is 0 Å². The molecule has 0 bridgehead atoms. The number of hydrogen-bond donors (Lipinski definition) is 3. The van der Waals surface area contributed by atoms with Gasteiger partial charge in [0.15, 0.2) is 23.0 Å². The minimum atomic E-state index is -0.210. The van der Waals surface area contributed by atoms with Crippen molar-refractivity contribution in [2.24, 2.45) is 0 Å². The summed E-state index contributed by atoms with van der Waals surface area (Å²) in [6.07, 6.45) is 1.26. The van der Waals surface area contributed by atoms with E-state index in [1.54, 1.807) is 18.2 Å². The van der Waals surface area contributed by atoms with Gasteiger partial charge in [-0.2, -0.15) is 0 Å². The Morgan fingerprint density at radius 1 is 1.05 bits per heavy atom. The van der Waals surface area contributed by atoms with E-state index in [9.17, 15) is 15.3 Å². The van der Waals surface area contributed by atoms with Crippen molar-refractivity contribution in [1.82, 2.24) is 0 Å². The molecule has 0 amide bonds. The van der Waals surface area contributed by atoms with Crippen molar-refractivity contribution in [3.8, 4) is 28.7 Å². The first-order valence-corrected chi connectivity index (χ1v) is 6.67. The molecular formula is C16H16O5. The fourth-order valence-electron chi connectivity index (χ4n) is 2.54. The van der Waals surface area contributed by atoms with Gasteiger partial charge in [0.25, 0.3) is 0 Å². The van der Waals surface area contributed by atoms with Crippen LogP contribution in [0.1, 0.15) is 23.7 Å². The zero-order valence-corrected chi connectivity index (χ0v) is 11.5. The van der Waals surface area contributed by atoms with Crippen LogP contribution in [-0.2, 0) is 6.42 Å². The van der Waals surface area contributed by atoms with Gasteiger partial charge in [0, 0.05) is 6.07 Å². The van der Waals surface area contributed by atoms with E-state index in [4.69, 9.17) is 9.47 Å². The summed E-state index contributed by atoms with van der Waals surface area (Å²) >= 11 is 0. The monoisotopic (exact) mass is 288 g/mol. The van der Waals surface area contributed by atoms with Crippen LogP contribution in [-0.4, -0.2) is 22.4 Å². The second-order valence-electron chi connectivity index (χ2n) is 5.03. The Balaban J connectivity index is 1.91. The first-order chi connectivity index (χ1) is 10.1. The zero-order valence-electron chi connectivity index (χ0n) is 11.5. The van der Waals surface area contributed by atoms with Crippen molar-refractivity contribution >= 4 is 0 Å². The highest BCUT2D eigenvalue weighted by molar-refractivity contribution is 5.51. The summed E-state index contributed by atoms with van der Waals surface area (Å²) in [5.74, 6) is 0.809. The smallest absolute Gasteiger partial charge is 0.164 e. The molecule has 1 heterocycles. The van der Waals surface area contributed by atoms with E-state index in [2.05, 4.69) is 0 Å². The van der Waals surface area contributed by atoms with Gasteiger partial charge in [-0.1, -0.05) is 6.07 Å². The molecule has 1 aliphatic rings. The summed E-state index contributed by atoms with van der Waals surface area (Å²) in [5, 5.41) is 28.7. The van der Waals surface area contributed by atoms with Crippen LogP contribution in [0.25, 0.3) is 0 Å². The lowest BCUT2D eigenvalue weighted by molar-refractivity contribution is 0.175. The molecule has 3 N–H and O–H groups in total. The van der Waals surface area contributed by atoms with Crippen LogP contribution in [0.4, 0.5) is 0 Å². The van der Waals surface area contributed by atoms with Crippen molar-refractivity contribution in [2.75, 3.05) is 7.11 Å². The second-order valence-corrected chi connectivity index (χ2v) is 5.03. The predicted octanol–water partition coefficient (Wildman–Crippen LogP) is 2.88. The molecule has 2 aromatic carbocycles. The Morgan fingerprint density at radius 2 is 1.86 bits per heavy atom. The third kappa shape index (κ3) is 2.42. The Labute approximate surface area is 122 Å². The van der Waals surface area contributed by atoms with Crippen molar-refractivity contribution in [3.63, 3.8) is 0 Å². The van der Waals surface area contributed by atoms with Gasteiger partial charge in [-0.3, -0.25) is 0 Å². The number of ether oxygens (including phenoxy) is 2. The average molecular weight is 288 g/mol. The quantitative estimate of drug-likeness (QED) is 0.740. The van der Waals surface area contributed by atoms with Crippen LogP contribution >= 0.6 is 0 Å². The summed E-state index contributed by atoms with van der Waals surface area (Å²) in [4.78, 5) is 0. The van der Waals surface area contributed by atoms with Crippen molar-refractivity contribution in [1.29, 1.82) is 0 Å². The first kappa shape index (κ1) is 13.4. The zero-order chi connectivity index (χ0) is 15.0. The van der Waals surface area contributed by atoms with Gasteiger partial charge in [-0.25, -0.2) is 0 Å². The van der Waals surface area contributed by atoms with E-state index in [0.29, 0.717) is 11.5 Å². The Hall–Kier alpha value is -2.56. The first-order valence-electron chi connectivity index (χ1n) is 6.67. The Morgan fingerprint density at radius 3 is 2.57 bits per heavy atom. The molecule has 0 fully saturated rings. The molecule has 0 aromatic heterocycles. The van der Waals surface area contributed by atoms with Gasteiger partial charge >= 0.3 is 0 Å². The largest absolute Gasteiger partial charge is 0.504 e. The molecule has 21 heavy (non-hydrogen) atoms. The van der Waals surface area contributed by atoms with Gasteiger partial charge < -0.3 is 24.8 Å². The Bertz CT molecular complexity index is 681. The molecule has 5 heteroatoms. The minimum Gasteiger partial charge on any atom is -0.504 e.